The van der Waals surface area contributed by atoms with Gasteiger partial charge in [-0.05, 0) is 30.3 Å². The Labute approximate surface area is 144 Å². The number of esters is 1. The van der Waals surface area contributed by atoms with Crippen molar-refractivity contribution in [3.8, 4) is 6.07 Å². The van der Waals surface area contributed by atoms with E-state index in [9.17, 15) is 9.59 Å². The fraction of sp³-hybridized carbons (Fsp3) is 0.118. The van der Waals surface area contributed by atoms with Gasteiger partial charge >= 0.3 is 5.97 Å². The summed E-state index contributed by atoms with van der Waals surface area (Å²) >= 11 is 6.02. The number of ether oxygens (including phenoxy) is 1. The molecule has 0 bridgehead atoms. The molecule has 0 aliphatic carbocycles. The number of anilines is 2. The second kappa shape index (κ2) is 7.99. The molecule has 122 valence electrons. The van der Waals surface area contributed by atoms with Crippen LogP contribution in [0, 0.1) is 11.3 Å². The second-order valence-corrected chi connectivity index (χ2v) is 5.15. The zero-order valence-electron chi connectivity index (χ0n) is 12.8. The predicted molar refractivity (Wildman–Crippen MR) is 91.1 cm³/mol. The molecule has 2 N–H and O–H groups in total. The molecule has 24 heavy (non-hydrogen) atoms. The second-order valence-electron chi connectivity index (χ2n) is 4.75. The van der Waals surface area contributed by atoms with Gasteiger partial charge < -0.3 is 15.4 Å². The van der Waals surface area contributed by atoms with Crippen molar-refractivity contribution in [1.29, 1.82) is 5.26 Å². The number of rotatable bonds is 5. The monoisotopic (exact) mass is 343 g/mol. The smallest absolute Gasteiger partial charge is 0.337 e. The average Bonchev–Trinajstić information content (AvgIpc) is 2.61. The molecular weight excluding hydrogens is 330 g/mol. The molecule has 7 heteroatoms. The van der Waals surface area contributed by atoms with Crippen molar-refractivity contribution in [2.45, 2.75) is 0 Å². The molecule has 2 aromatic carbocycles. The summed E-state index contributed by atoms with van der Waals surface area (Å²) in [6.07, 6.45) is 0. The SMILES string of the molecule is COC(=O)c1ccc(Cl)c(NC(=O)CNc2ccccc2C#N)c1. The highest BCUT2D eigenvalue weighted by molar-refractivity contribution is 6.33. The fourth-order valence-corrected chi connectivity index (χ4v) is 2.14. The standard InChI is InChI=1S/C17H14ClN3O3/c1-24-17(23)11-6-7-13(18)15(8-11)21-16(22)10-20-14-5-3-2-4-12(14)9-19/h2-8,20H,10H2,1H3,(H,21,22). The van der Waals surface area contributed by atoms with Crippen LogP contribution in [0.4, 0.5) is 11.4 Å². The first-order valence-corrected chi connectivity index (χ1v) is 7.33. The summed E-state index contributed by atoms with van der Waals surface area (Å²) in [4.78, 5) is 23.6. The maximum Gasteiger partial charge on any atom is 0.337 e. The lowest BCUT2D eigenvalue weighted by Crippen LogP contribution is -2.22. The summed E-state index contributed by atoms with van der Waals surface area (Å²) in [7, 11) is 1.27. The van der Waals surface area contributed by atoms with Crippen molar-refractivity contribution in [2.75, 3.05) is 24.3 Å². The number of halogens is 1. The Hall–Kier alpha value is -3.04. The first-order valence-electron chi connectivity index (χ1n) is 6.96. The normalized spacial score (nSPS) is 9.71. The highest BCUT2D eigenvalue weighted by Gasteiger charge is 2.11. The lowest BCUT2D eigenvalue weighted by atomic mass is 10.2. The van der Waals surface area contributed by atoms with E-state index in [1.54, 1.807) is 24.3 Å². The van der Waals surface area contributed by atoms with Gasteiger partial charge in [0.05, 0.1) is 41.2 Å². The third-order valence-electron chi connectivity index (χ3n) is 3.15. The largest absolute Gasteiger partial charge is 0.465 e. The maximum atomic E-state index is 12.1. The number of carbonyl (C=O) groups is 2. The number of nitrogens with zero attached hydrogens (tertiary/aromatic N) is 1. The van der Waals surface area contributed by atoms with Gasteiger partial charge in [-0.25, -0.2) is 4.79 Å². The minimum absolute atomic E-state index is 0.0581. The number of benzene rings is 2. The van der Waals surface area contributed by atoms with Crippen LogP contribution < -0.4 is 10.6 Å². The number of carbonyl (C=O) groups excluding carboxylic acids is 2. The fourth-order valence-electron chi connectivity index (χ4n) is 1.97. The van der Waals surface area contributed by atoms with Crippen LogP contribution in [0.2, 0.25) is 5.02 Å². The average molecular weight is 344 g/mol. The van der Waals surface area contributed by atoms with Gasteiger partial charge in [-0.15, -0.1) is 0 Å². The predicted octanol–water partition coefficient (Wildman–Crippen LogP) is 3.05. The summed E-state index contributed by atoms with van der Waals surface area (Å²) in [5, 5.41) is 14.8. The zero-order chi connectivity index (χ0) is 17.5. The lowest BCUT2D eigenvalue weighted by molar-refractivity contribution is -0.114. The summed E-state index contributed by atoms with van der Waals surface area (Å²) in [6.45, 7) is -0.0581. The molecule has 0 atom stereocenters. The summed E-state index contributed by atoms with van der Waals surface area (Å²) in [5.74, 6) is -0.894. The molecular formula is C17H14ClN3O3. The lowest BCUT2D eigenvalue weighted by Gasteiger charge is -2.11. The maximum absolute atomic E-state index is 12.1. The minimum Gasteiger partial charge on any atom is -0.465 e. The Bertz CT molecular complexity index is 815. The van der Waals surface area contributed by atoms with E-state index < -0.39 is 5.97 Å². The molecule has 0 aliphatic heterocycles. The van der Waals surface area contributed by atoms with Gasteiger partial charge in [0, 0.05) is 0 Å². The first kappa shape index (κ1) is 17.3. The number of hydrogen-bond donors (Lipinski definition) is 2. The molecule has 0 saturated carbocycles. The Morgan fingerprint density at radius 1 is 1.21 bits per heavy atom. The van der Waals surface area contributed by atoms with E-state index >= 15 is 0 Å². The molecule has 0 heterocycles. The molecule has 1 amide bonds. The third kappa shape index (κ3) is 4.24. The van der Waals surface area contributed by atoms with Gasteiger partial charge in [-0.2, -0.15) is 5.26 Å². The van der Waals surface area contributed by atoms with Gasteiger partial charge in [-0.3, -0.25) is 4.79 Å². The van der Waals surface area contributed by atoms with E-state index in [0.29, 0.717) is 22.0 Å². The highest BCUT2D eigenvalue weighted by Crippen LogP contribution is 2.23. The van der Waals surface area contributed by atoms with Gasteiger partial charge in [0.15, 0.2) is 0 Å². The summed E-state index contributed by atoms with van der Waals surface area (Å²) < 4.78 is 4.63. The third-order valence-corrected chi connectivity index (χ3v) is 3.48. The Kier molecular flexibility index (Phi) is 5.77. The van der Waals surface area contributed by atoms with E-state index in [4.69, 9.17) is 16.9 Å². The Balaban J connectivity index is 2.05. The minimum atomic E-state index is -0.525. The van der Waals surface area contributed by atoms with Gasteiger partial charge in [0.2, 0.25) is 5.91 Å². The number of methoxy groups -OCH3 is 1. The summed E-state index contributed by atoms with van der Waals surface area (Å²) in [6, 6.07) is 13.3. The molecule has 2 rings (SSSR count). The molecule has 0 spiro atoms. The molecule has 0 unspecified atom stereocenters. The van der Waals surface area contributed by atoms with Crippen LogP contribution >= 0.6 is 11.6 Å². The molecule has 2 aromatic rings. The van der Waals surface area contributed by atoms with Crippen molar-refractivity contribution >= 4 is 34.9 Å². The molecule has 6 nitrogen and oxygen atoms in total. The van der Waals surface area contributed by atoms with E-state index in [2.05, 4.69) is 15.4 Å². The quantitative estimate of drug-likeness (QED) is 0.814. The molecule has 0 fully saturated rings. The number of nitriles is 1. The van der Waals surface area contributed by atoms with E-state index in [0.717, 1.165) is 0 Å². The van der Waals surface area contributed by atoms with Crippen molar-refractivity contribution in [3.63, 3.8) is 0 Å². The van der Waals surface area contributed by atoms with E-state index in [-0.39, 0.29) is 18.0 Å². The Morgan fingerprint density at radius 2 is 1.96 bits per heavy atom. The van der Waals surface area contributed by atoms with Gasteiger partial charge in [0.25, 0.3) is 0 Å². The van der Waals surface area contributed by atoms with Crippen molar-refractivity contribution < 1.29 is 14.3 Å². The van der Waals surface area contributed by atoms with Crippen LogP contribution in [0.15, 0.2) is 42.5 Å². The van der Waals surface area contributed by atoms with Gasteiger partial charge in [0.1, 0.15) is 6.07 Å². The van der Waals surface area contributed by atoms with Crippen LogP contribution in [0.25, 0.3) is 0 Å². The van der Waals surface area contributed by atoms with Crippen LogP contribution in [0.5, 0.6) is 0 Å². The van der Waals surface area contributed by atoms with Gasteiger partial charge in [-0.1, -0.05) is 23.7 Å². The number of hydrogen-bond acceptors (Lipinski definition) is 5. The topological polar surface area (TPSA) is 91.2 Å². The van der Waals surface area contributed by atoms with Crippen molar-refractivity contribution in [2.24, 2.45) is 0 Å². The molecule has 0 radical (unpaired) electrons. The zero-order valence-corrected chi connectivity index (χ0v) is 13.6. The number of amides is 1. The van der Waals surface area contributed by atoms with Crippen LogP contribution in [-0.2, 0) is 9.53 Å². The Morgan fingerprint density at radius 3 is 2.67 bits per heavy atom. The van der Waals surface area contributed by atoms with E-state index in [1.165, 1.54) is 25.3 Å². The van der Waals surface area contributed by atoms with Crippen LogP contribution in [-0.4, -0.2) is 25.5 Å². The first-order chi connectivity index (χ1) is 11.5. The van der Waals surface area contributed by atoms with Crippen molar-refractivity contribution in [1.82, 2.24) is 0 Å². The molecule has 0 saturated heterocycles. The van der Waals surface area contributed by atoms with Crippen LogP contribution in [0.1, 0.15) is 15.9 Å². The molecule has 0 aliphatic rings. The van der Waals surface area contributed by atoms with E-state index in [1.807, 2.05) is 6.07 Å². The van der Waals surface area contributed by atoms with Crippen molar-refractivity contribution in [3.05, 3.63) is 58.6 Å². The number of para-hydroxylation sites is 1. The highest BCUT2D eigenvalue weighted by atomic mass is 35.5. The summed E-state index contributed by atoms with van der Waals surface area (Å²) in [5.41, 5.74) is 1.58. The van der Waals surface area contributed by atoms with Crippen LogP contribution in [0.3, 0.4) is 0 Å². The number of nitrogens with one attached hydrogen (secondary N) is 2. The molecule has 0 aromatic heterocycles.